The molecule has 0 radical (unpaired) electrons. The Kier molecular flexibility index (Phi) is 3.67. The molecule has 1 aromatic rings. The van der Waals surface area contributed by atoms with Gasteiger partial charge in [-0.2, -0.15) is 0 Å². The molecule has 1 heteroatoms. The molecule has 0 aromatic carbocycles. The van der Waals surface area contributed by atoms with Crippen LogP contribution in [0.25, 0.3) is 12.2 Å². The fourth-order valence-corrected chi connectivity index (χ4v) is 1.40. The first-order valence-electron chi connectivity index (χ1n) is 5.26. The Morgan fingerprint density at radius 3 is 2.06 bits per heavy atom. The fraction of sp³-hybridized carbons (Fsp3) is 0. The summed E-state index contributed by atoms with van der Waals surface area (Å²) in [6.45, 7) is 0. The van der Waals surface area contributed by atoms with Crippen molar-refractivity contribution in [2.24, 2.45) is 0 Å². The number of pyridine rings is 1. The maximum atomic E-state index is 4.33. The zero-order valence-corrected chi connectivity index (χ0v) is 8.95. The second-order valence-corrected chi connectivity index (χ2v) is 3.35. The van der Waals surface area contributed by atoms with Crippen LogP contribution in [0.4, 0.5) is 0 Å². The first kappa shape index (κ1) is 10.4. The summed E-state index contributed by atoms with van der Waals surface area (Å²) in [4.78, 5) is 4.33. The molecule has 16 heavy (non-hydrogen) atoms. The molecule has 0 N–H and O–H groups in total. The van der Waals surface area contributed by atoms with Crippen LogP contribution < -0.4 is 0 Å². The summed E-state index contributed by atoms with van der Waals surface area (Å²) in [6.07, 6.45) is 21.9. The van der Waals surface area contributed by atoms with Gasteiger partial charge in [-0.25, -0.2) is 0 Å². The molecule has 1 aromatic heterocycles. The summed E-state index contributed by atoms with van der Waals surface area (Å²) in [5.74, 6) is 0. The van der Waals surface area contributed by atoms with Gasteiger partial charge in [-0.3, -0.25) is 4.98 Å². The van der Waals surface area contributed by atoms with Gasteiger partial charge in [0.2, 0.25) is 0 Å². The average molecular weight is 207 g/mol. The molecular formula is C15H13N. The van der Waals surface area contributed by atoms with E-state index in [1.807, 2.05) is 66.9 Å². The van der Waals surface area contributed by atoms with Gasteiger partial charge in [-0.05, 0) is 12.1 Å². The minimum absolute atomic E-state index is 0.987. The van der Waals surface area contributed by atoms with Gasteiger partial charge in [-0.15, -0.1) is 0 Å². The van der Waals surface area contributed by atoms with Gasteiger partial charge in [0.1, 0.15) is 0 Å². The van der Waals surface area contributed by atoms with Crippen LogP contribution in [0.1, 0.15) is 11.3 Å². The Labute approximate surface area is 95.8 Å². The van der Waals surface area contributed by atoms with Gasteiger partial charge in [0.15, 0.2) is 0 Å². The summed E-state index contributed by atoms with van der Waals surface area (Å²) in [6, 6.07) is 4.00. The maximum absolute atomic E-state index is 4.33. The predicted molar refractivity (Wildman–Crippen MR) is 69.7 cm³/mol. The molecule has 0 saturated carbocycles. The van der Waals surface area contributed by atoms with Crippen LogP contribution >= 0.6 is 0 Å². The first-order chi connectivity index (χ1) is 7.97. The minimum Gasteiger partial charge on any atom is -0.256 e. The monoisotopic (exact) mass is 207 g/mol. The molecule has 1 nitrogen and oxygen atoms in total. The van der Waals surface area contributed by atoms with Gasteiger partial charge in [-0.1, -0.05) is 60.8 Å². The fourth-order valence-electron chi connectivity index (χ4n) is 1.40. The lowest BCUT2D eigenvalue weighted by Crippen LogP contribution is -1.84. The van der Waals surface area contributed by atoms with Gasteiger partial charge >= 0.3 is 0 Å². The maximum Gasteiger partial charge on any atom is 0.0701 e. The van der Waals surface area contributed by atoms with Crippen molar-refractivity contribution in [1.82, 2.24) is 4.98 Å². The highest BCUT2D eigenvalue weighted by Gasteiger charge is 1.93. The first-order valence-corrected chi connectivity index (χ1v) is 5.26. The molecule has 0 unspecified atom stereocenters. The van der Waals surface area contributed by atoms with Crippen LogP contribution in [-0.4, -0.2) is 4.98 Å². The van der Waals surface area contributed by atoms with Crippen LogP contribution in [0.15, 0.2) is 66.9 Å². The molecule has 0 atom stereocenters. The highest BCUT2D eigenvalue weighted by molar-refractivity contribution is 5.63. The Balaban J connectivity index is 2.39. The Hall–Kier alpha value is -2.15. The number of aromatic nitrogens is 1. The van der Waals surface area contributed by atoms with Gasteiger partial charge < -0.3 is 0 Å². The van der Waals surface area contributed by atoms with Crippen LogP contribution in [0.5, 0.6) is 0 Å². The summed E-state index contributed by atoms with van der Waals surface area (Å²) in [5, 5.41) is 0. The summed E-state index contributed by atoms with van der Waals surface area (Å²) >= 11 is 0. The number of hydrogen-bond acceptors (Lipinski definition) is 1. The van der Waals surface area contributed by atoms with Crippen LogP contribution in [-0.2, 0) is 0 Å². The predicted octanol–water partition coefficient (Wildman–Crippen LogP) is 3.79. The van der Waals surface area contributed by atoms with E-state index in [1.54, 1.807) is 0 Å². The second kappa shape index (κ2) is 5.66. The van der Waals surface area contributed by atoms with E-state index >= 15 is 0 Å². The van der Waals surface area contributed by atoms with Crippen molar-refractivity contribution >= 4 is 12.2 Å². The minimum atomic E-state index is 0.987. The van der Waals surface area contributed by atoms with Crippen molar-refractivity contribution in [2.45, 2.75) is 0 Å². The normalized spacial score (nSPS) is 14.2. The third-order valence-corrected chi connectivity index (χ3v) is 2.18. The lowest BCUT2D eigenvalue weighted by Gasteiger charge is -1.97. The molecule has 1 heterocycles. The Bertz CT molecular complexity index is 443. The smallest absolute Gasteiger partial charge is 0.0701 e. The highest BCUT2D eigenvalue weighted by Crippen LogP contribution is 2.10. The number of allylic oxidation sites excluding steroid dienone is 8. The van der Waals surface area contributed by atoms with Crippen molar-refractivity contribution in [3.63, 3.8) is 0 Å². The number of rotatable bonds is 0. The largest absolute Gasteiger partial charge is 0.256 e. The van der Waals surface area contributed by atoms with Crippen LogP contribution in [0, 0.1) is 0 Å². The van der Waals surface area contributed by atoms with E-state index in [0.717, 1.165) is 11.3 Å². The summed E-state index contributed by atoms with van der Waals surface area (Å²) < 4.78 is 0. The number of fused-ring (bicyclic) bond motifs is 1. The standard InChI is InChI=1S/C15H13N/c1-2-4-6-8-12-15-14(10-7-5-3-1)11-9-13-16-15/h1-13H. The van der Waals surface area contributed by atoms with Crippen LogP contribution in [0.2, 0.25) is 0 Å². The van der Waals surface area contributed by atoms with E-state index in [-0.39, 0.29) is 0 Å². The lowest BCUT2D eigenvalue weighted by atomic mass is 10.1. The summed E-state index contributed by atoms with van der Waals surface area (Å²) in [5.41, 5.74) is 2.11. The highest BCUT2D eigenvalue weighted by atomic mass is 14.7. The zero-order chi connectivity index (χ0) is 11.1. The molecule has 0 fully saturated rings. The van der Waals surface area contributed by atoms with E-state index < -0.39 is 0 Å². The molecule has 0 aliphatic heterocycles. The molecule has 1 aliphatic carbocycles. The second-order valence-electron chi connectivity index (χ2n) is 3.35. The Morgan fingerprint density at radius 1 is 0.688 bits per heavy atom. The van der Waals surface area contributed by atoms with Gasteiger partial charge in [0.25, 0.3) is 0 Å². The van der Waals surface area contributed by atoms with Crippen molar-refractivity contribution in [3.8, 4) is 0 Å². The summed E-state index contributed by atoms with van der Waals surface area (Å²) in [7, 11) is 0. The molecule has 1 aliphatic rings. The molecule has 78 valence electrons. The van der Waals surface area contributed by atoms with Crippen molar-refractivity contribution < 1.29 is 0 Å². The molecule has 0 amide bonds. The molecule has 0 spiro atoms. The van der Waals surface area contributed by atoms with E-state index in [0.29, 0.717) is 0 Å². The number of nitrogens with zero attached hydrogens (tertiary/aromatic N) is 1. The zero-order valence-electron chi connectivity index (χ0n) is 8.95. The van der Waals surface area contributed by atoms with E-state index in [4.69, 9.17) is 0 Å². The van der Waals surface area contributed by atoms with E-state index in [2.05, 4.69) is 17.1 Å². The quantitative estimate of drug-likeness (QED) is 0.630. The molecule has 0 bridgehead atoms. The number of hydrogen-bond donors (Lipinski definition) is 0. The van der Waals surface area contributed by atoms with Crippen molar-refractivity contribution in [1.29, 1.82) is 0 Å². The van der Waals surface area contributed by atoms with E-state index in [1.165, 1.54) is 0 Å². The third-order valence-electron chi connectivity index (χ3n) is 2.18. The molecule has 2 rings (SSSR count). The SMILES string of the molecule is C1=CC=CC=Cc2ncccc2C=CC=C1. The lowest BCUT2D eigenvalue weighted by molar-refractivity contribution is 1.28. The Morgan fingerprint density at radius 2 is 1.31 bits per heavy atom. The molecular weight excluding hydrogens is 194 g/mol. The van der Waals surface area contributed by atoms with Crippen molar-refractivity contribution in [3.05, 3.63) is 78.2 Å². The average Bonchev–Trinajstić information content (AvgIpc) is 2.30. The topological polar surface area (TPSA) is 12.9 Å². The molecule has 0 saturated heterocycles. The third kappa shape index (κ3) is 2.92. The van der Waals surface area contributed by atoms with Crippen molar-refractivity contribution in [2.75, 3.05) is 0 Å². The van der Waals surface area contributed by atoms with Crippen LogP contribution in [0.3, 0.4) is 0 Å². The van der Waals surface area contributed by atoms with Gasteiger partial charge in [0.05, 0.1) is 5.69 Å². The van der Waals surface area contributed by atoms with Gasteiger partial charge in [0, 0.05) is 11.8 Å². The van der Waals surface area contributed by atoms with E-state index in [9.17, 15) is 0 Å².